The maximum absolute atomic E-state index is 7.98. The lowest BCUT2D eigenvalue weighted by atomic mass is 10.1. The van der Waals surface area contributed by atoms with Crippen LogP contribution < -0.4 is 0 Å². The van der Waals surface area contributed by atoms with Gasteiger partial charge in [0, 0.05) is 32.8 Å². The van der Waals surface area contributed by atoms with Gasteiger partial charge >= 0.3 is 0 Å². The van der Waals surface area contributed by atoms with Gasteiger partial charge in [-0.2, -0.15) is 0 Å². The summed E-state index contributed by atoms with van der Waals surface area (Å²) in [5.41, 5.74) is 4.28. The molecule has 0 saturated heterocycles. The first-order valence-electron chi connectivity index (χ1n) is 9.28. The molecule has 2 aromatic carbocycles. The summed E-state index contributed by atoms with van der Waals surface area (Å²) in [5.74, 6) is 0. The Bertz CT molecular complexity index is 1300. The Balaban J connectivity index is 2.01. The van der Waals surface area contributed by atoms with Crippen molar-refractivity contribution in [3.05, 3.63) is 78.6 Å². The van der Waals surface area contributed by atoms with Gasteiger partial charge in [0.1, 0.15) is 5.65 Å². The second-order valence-electron chi connectivity index (χ2n) is 5.79. The minimum absolute atomic E-state index is 0.272. The SMILES string of the molecule is [2H]C([2H])([2H])c1ccnc2c3ccccc3n3cc(-c4ccccc4)nc3c12. The highest BCUT2D eigenvalue weighted by molar-refractivity contribution is 6.11. The molecule has 0 atom stereocenters. The molecule has 0 saturated carbocycles. The Morgan fingerprint density at radius 2 is 1.79 bits per heavy atom. The normalized spacial score (nSPS) is 13.9. The smallest absolute Gasteiger partial charge is 0.147 e. The van der Waals surface area contributed by atoms with Crippen molar-refractivity contribution in [3.8, 4) is 11.3 Å². The third kappa shape index (κ3) is 1.78. The van der Waals surface area contributed by atoms with E-state index in [1.54, 1.807) is 12.3 Å². The van der Waals surface area contributed by atoms with E-state index in [0.717, 1.165) is 22.2 Å². The Kier molecular flexibility index (Phi) is 2.15. The Morgan fingerprint density at radius 3 is 2.67 bits per heavy atom. The van der Waals surface area contributed by atoms with Gasteiger partial charge in [0.25, 0.3) is 0 Å². The molecule has 0 fully saturated rings. The minimum Gasteiger partial charge on any atom is -0.298 e. The van der Waals surface area contributed by atoms with E-state index in [-0.39, 0.29) is 5.56 Å². The molecule has 0 N–H and O–H groups in total. The van der Waals surface area contributed by atoms with Crippen molar-refractivity contribution in [3.63, 3.8) is 0 Å². The number of imidazole rings is 1. The number of rotatable bonds is 1. The number of aromatic nitrogens is 3. The van der Waals surface area contributed by atoms with E-state index in [2.05, 4.69) is 4.98 Å². The summed E-state index contributed by atoms with van der Waals surface area (Å²) in [4.78, 5) is 9.32. The van der Waals surface area contributed by atoms with Gasteiger partial charge < -0.3 is 0 Å². The zero-order chi connectivity index (χ0) is 18.6. The summed E-state index contributed by atoms with van der Waals surface area (Å²) in [6.45, 7) is -2.25. The van der Waals surface area contributed by atoms with E-state index in [1.165, 1.54) is 0 Å². The number of pyridine rings is 2. The van der Waals surface area contributed by atoms with Crippen LogP contribution in [0.5, 0.6) is 0 Å². The molecule has 0 radical (unpaired) electrons. The zero-order valence-corrected chi connectivity index (χ0v) is 12.8. The molecular weight excluding hydrogens is 294 g/mol. The number of para-hydroxylation sites is 1. The molecule has 5 aromatic rings. The average molecular weight is 312 g/mol. The van der Waals surface area contributed by atoms with Gasteiger partial charge in [-0.15, -0.1) is 0 Å². The molecule has 0 aliphatic carbocycles. The van der Waals surface area contributed by atoms with E-state index in [1.807, 2.05) is 65.2 Å². The number of fused-ring (bicyclic) bond motifs is 6. The largest absolute Gasteiger partial charge is 0.298 e. The van der Waals surface area contributed by atoms with Gasteiger partial charge in [0.15, 0.2) is 0 Å². The highest BCUT2D eigenvalue weighted by Crippen LogP contribution is 2.31. The summed E-state index contributed by atoms with van der Waals surface area (Å²) in [5, 5.41) is 1.49. The molecule has 0 bridgehead atoms. The average Bonchev–Trinajstić information content (AvgIpc) is 3.13. The highest BCUT2D eigenvalue weighted by Gasteiger charge is 2.14. The minimum atomic E-state index is -2.25. The summed E-state index contributed by atoms with van der Waals surface area (Å²) in [6.07, 6.45) is 3.52. The van der Waals surface area contributed by atoms with Crippen LogP contribution in [0, 0.1) is 6.85 Å². The van der Waals surface area contributed by atoms with Crippen molar-refractivity contribution < 1.29 is 4.11 Å². The van der Waals surface area contributed by atoms with Gasteiger partial charge in [-0.3, -0.25) is 9.38 Å². The Morgan fingerprint density at radius 1 is 0.958 bits per heavy atom. The number of aryl methyl sites for hydroxylation is 1. The maximum Gasteiger partial charge on any atom is 0.147 e. The molecule has 24 heavy (non-hydrogen) atoms. The first-order valence-corrected chi connectivity index (χ1v) is 7.78. The third-order valence-electron chi connectivity index (χ3n) is 4.37. The van der Waals surface area contributed by atoms with E-state index in [4.69, 9.17) is 9.10 Å². The third-order valence-corrected chi connectivity index (χ3v) is 4.37. The van der Waals surface area contributed by atoms with Gasteiger partial charge in [0.05, 0.1) is 16.7 Å². The quantitative estimate of drug-likeness (QED) is 0.407. The van der Waals surface area contributed by atoms with Crippen LogP contribution in [0.2, 0.25) is 0 Å². The topological polar surface area (TPSA) is 30.2 Å². The van der Waals surface area contributed by atoms with Crippen LogP contribution in [0.3, 0.4) is 0 Å². The van der Waals surface area contributed by atoms with Crippen LogP contribution in [-0.4, -0.2) is 14.4 Å². The lowest BCUT2D eigenvalue weighted by molar-refractivity contribution is 1.26. The van der Waals surface area contributed by atoms with Gasteiger partial charge in [-0.05, 0) is 24.5 Å². The number of hydrogen-bond acceptors (Lipinski definition) is 2. The molecule has 5 rings (SSSR count). The molecule has 3 nitrogen and oxygen atoms in total. The molecule has 0 aliphatic rings. The lowest BCUT2D eigenvalue weighted by Crippen LogP contribution is -1.93. The van der Waals surface area contributed by atoms with Gasteiger partial charge in [-0.1, -0.05) is 48.5 Å². The first kappa shape index (κ1) is 10.6. The molecule has 3 heterocycles. The van der Waals surface area contributed by atoms with Gasteiger partial charge in [-0.25, -0.2) is 4.98 Å². The van der Waals surface area contributed by atoms with E-state index < -0.39 is 6.85 Å². The second-order valence-corrected chi connectivity index (χ2v) is 5.79. The van der Waals surface area contributed by atoms with Crippen LogP contribution in [0.4, 0.5) is 0 Å². The zero-order valence-electron chi connectivity index (χ0n) is 15.8. The first-order chi connectivity index (χ1) is 13.0. The van der Waals surface area contributed by atoms with Crippen LogP contribution in [0.1, 0.15) is 9.68 Å². The van der Waals surface area contributed by atoms with E-state index in [0.29, 0.717) is 16.6 Å². The Labute approximate surface area is 143 Å². The predicted molar refractivity (Wildman–Crippen MR) is 98.2 cm³/mol. The predicted octanol–water partition coefficient (Wildman–Crippen LogP) is 5.01. The molecule has 3 heteroatoms. The monoisotopic (exact) mass is 312 g/mol. The summed E-state index contributed by atoms with van der Waals surface area (Å²) in [7, 11) is 0. The highest BCUT2D eigenvalue weighted by atomic mass is 15.0. The van der Waals surface area contributed by atoms with Crippen LogP contribution >= 0.6 is 0 Å². The Hall–Kier alpha value is -3.20. The van der Waals surface area contributed by atoms with Crippen molar-refractivity contribution in [2.45, 2.75) is 6.85 Å². The second kappa shape index (κ2) is 4.90. The number of benzene rings is 2. The molecule has 0 aliphatic heterocycles. The molecule has 3 aromatic heterocycles. The van der Waals surface area contributed by atoms with E-state index >= 15 is 0 Å². The number of nitrogens with zero attached hydrogens (tertiary/aromatic N) is 3. The van der Waals surface area contributed by atoms with Crippen molar-refractivity contribution in [2.24, 2.45) is 0 Å². The molecule has 0 unspecified atom stereocenters. The van der Waals surface area contributed by atoms with Crippen LogP contribution in [-0.2, 0) is 0 Å². The number of hydrogen-bond donors (Lipinski definition) is 0. The van der Waals surface area contributed by atoms with Crippen molar-refractivity contribution in [1.29, 1.82) is 0 Å². The molecule has 0 amide bonds. The van der Waals surface area contributed by atoms with E-state index in [9.17, 15) is 0 Å². The summed E-state index contributed by atoms with van der Waals surface area (Å²) >= 11 is 0. The van der Waals surface area contributed by atoms with Crippen molar-refractivity contribution in [2.75, 3.05) is 0 Å². The molecule has 0 spiro atoms. The van der Waals surface area contributed by atoms with Crippen LogP contribution in [0.25, 0.3) is 38.7 Å². The fourth-order valence-corrected chi connectivity index (χ4v) is 3.26. The summed E-state index contributed by atoms with van der Waals surface area (Å²) in [6, 6.07) is 19.3. The fraction of sp³-hybridized carbons (Fsp3) is 0.0476. The molecule has 114 valence electrons. The van der Waals surface area contributed by atoms with Crippen LogP contribution in [0.15, 0.2) is 73.1 Å². The fourth-order valence-electron chi connectivity index (χ4n) is 3.26. The standard InChI is InChI=1S/C21H15N3/c1-14-11-12-22-20-16-9-5-6-10-18(16)24-13-17(23-21(24)19(14)20)15-7-3-2-4-8-15/h2-13H,1H3/i1D3. The maximum atomic E-state index is 7.98. The van der Waals surface area contributed by atoms with Crippen molar-refractivity contribution in [1.82, 2.24) is 14.4 Å². The summed E-state index contributed by atoms with van der Waals surface area (Å²) < 4.78 is 25.9. The van der Waals surface area contributed by atoms with Gasteiger partial charge in [0.2, 0.25) is 0 Å². The lowest BCUT2D eigenvalue weighted by Gasteiger charge is -2.08. The molecular formula is C21H15N3. The van der Waals surface area contributed by atoms with Crippen molar-refractivity contribution >= 4 is 27.5 Å².